The summed E-state index contributed by atoms with van der Waals surface area (Å²) < 4.78 is 5.44. The molecule has 2 rings (SSSR count). The molecule has 0 bridgehead atoms. The Hall–Kier alpha value is -0.570. The van der Waals surface area contributed by atoms with Gasteiger partial charge in [0.05, 0.1) is 6.10 Å². The molecule has 1 aromatic rings. The van der Waals surface area contributed by atoms with Gasteiger partial charge in [-0.3, -0.25) is 0 Å². The second-order valence-corrected chi connectivity index (χ2v) is 5.78. The number of rotatable bonds is 4. The number of benzene rings is 1. The molecule has 2 unspecified atom stereocenters. The van der Waals surface area contributed by atoms with Crippen LogP contribution in [0.5, 0.6) is 0 Å². The van der Waals surface area contributed by atoms with Gasteiger partial charge in [-0.25, -0.2) is 0 Å². The molecule has 1 N–H and O–H groups in total. The lowest BCUT2D eigenvalue weighted by Gasteiger charge is -2.51. The molecule has 1 saturated carbocycles. The van der Waals surface area contributed by atoms with Crippen molar-refractivity contribution < 1.29 is 4.74 Å². The van der Waals surface area contributed by atoms with E-state index >= 15 is 0 Å². The molecule has 0 aliphatic heterocycles. The molecule has 0 spiro atoms. The van der Waals surface area contributed by atoms with Crippen molar-refractivity contribution in [3.63, 3.8) is 0 Å². The molecule has 1 aromatic carbocycles. The third-order valence-corrected chi connectivity index (χ3v) is 4.18. The lowest BCUT2D eigenvalue weighted by atomic mass is 9.64. The second-order valence-electron chi connectivity index (χ2n) is 5.34. The number of hydrogen-bond donors (Lipinski definition) is 1. The van der Waals surface area contributed by atoms with Crippen LogP contribution >= 0.6 is 11.6 Å². The Morgan fingerprint density at radius 2 is 2.00 bits per heavy atom. The first-order chi connectivity index (χ1) is 8.04. The van der Waals surface area contributed by atoms with Crippen LogP contribution in [-0.2, 0) is 11.3 Å². The quantitative estimate of drug-likeness (QED) is 0.890. The van der Waals surface area contributed by atoms with E-state index in [-0.39, 0.29) is 5.41 Å². The van der Waals surface area contributed by atoms with Crippen molar-refractivity contribution >= 4 is 11.6 Å². The van der Waals surface area contributed by atoms with E-state index in [0.717, 1.165) is 18.0 Å². The van der Waals surface area contributed by atoms with Crippen LogP contribution in [0.2, 0.25) is 5.02 Å². The largest absolute Gasteiger partial charge is 0.381 e. The Labute approximate surface area is 108 Å². The van der Waals surface area contributed by atoms with Crippen molar-refractivity contribution in [2.75, 3.05) is 7.11 Å². The first-order valence-corrected chi connectivity index (χ1v) is 6.42. The molecular weight excluding hydrogens is 234 g/mol. The molecule has 2 atom stereocenters. The highest BCUT2D eigenvalue weighted by molar-refractivity contribution is 6.30. The molecule has 0 amide bonds. The monoisotopic (exact) mass is 253 g/mol. The Morgan fingerprint density at radius 3 is 2.53 bits per heavy atom. The van der Waals surface area contributed by atoms with Crippen LogP contribution in [0.15, 0.2) is 24.3 Å². The number of hydrogen-bond acceptors (Lipinski definition) is 2. The molecule has 1 aliphatic carbocycles. The molecule has 2 nitrogen and oxygen atoms in total. The van der Waals surface area contributed by atoms with Crippen molar-refractivity contribution in [1.29, 1.82) is 0 Å². The molecule has 94 valence electrons. The second kappa shape index (κ2) is 4.97. The van der Waals surface area contributed by atoms with E-state index in [9.17, 15) is 0 Å². The summed E-state index contributed by atoms with van der Waals surface area (Å²) in [6, 6.07) is 8.53. The minimum absolute atomic E-state index is 0.223. The summed E-state index contributed by atoms with van der Waals surface area (Å²) >= 11 is 5.86. The van der Waals surface area contributed by atoms with Gasteiger partial charge in [-0.05, 0) is 24.1 Å². The standard InChI is InChI=1S/C14H20ClNO/c1-14(2)12(8-13(14)17-3)16-9-10-4-6-11(15)7-5-10/h4-7,12-13,16H,8-9H2,1-3H3. The predicted octanol–water partition coefficient (Wildman–Crippen LogP) is 3.24. The van der Waals surface area contributed by atoms with Gasteiger partial charge in [0.25, 0.3) is 0 Å². The van der Waals surface area contributed by atoms with Gasteiger partial charge in [-0.1, -0.05) is 37.6 Å². The Bertz CT molecular complexity index is 374. The summed E-state index contributed by atoms with van der Waals surface area (Å²) in [6.07, 6.45) is 1.47. The van der Waals surface area contributed by atoms with E-state index in [2.05, 4.69) is 31.3 Å². The normalized spacial score (nSPS) is 26.6. The lowest BCUT2D eigenvalue weighted by molar-refractivity contribution is -0.0979. The molecule has 3 heteroatoms. The molecule has 17 heavy (non-hydrogen) atoms. The van der Waals surface area contributed by atoms with Crippen LogP contribution in [0.4, 0.5) is 0 Å². The average Bonchev–Trinajstić information content (AvgIpc) is 2.30. The zero-order valence-electron chi connectivity index (χ0n) is 10.7. The minimum Gasteiger partial charge on any atom is -0.381 e. The Kier molecular flexibility index (Phi) is 3.76. The van der Waals surface area contributed by atoms with E-state index in [1.807, 2.05) is 12.1 Å². The van der Waals surface area contributed by atoms with E-state index in [1.54, 1.807) is 7.11 Å². The van der Waals surface area contributed by atoms with Crippen molar-refractivity contribution in [1.82, 2.24) is 5.32 Å². The summed E-state index contributed by atoms with van der Waals surface area (Å²) in [5, 5.41) is 4.38. The highest BCUT2D eigenvalue weighted by Gasteiger charge is 2.48. The maximum atomic E-state index is 5.86. The third-order valence-electron chi connectivity index (χ3n) is 3.93. The summed E-state index contributed by atoms with van der Waals surface area (Å²) in [6.45, 7) is 5.40. The zero-order chi connectivity index (χ0) is 12.5. The number of halogens is 1. The highest BCUT2D eigenvalue weighted by atomic mass is 35.5. The lowest BCUT2D eigenvalue weighted by Crippen LogP contribution is -2.60. The average molecular weight is 254 g/mol. The van der Waals surface area contributed by atoms with Gasteiger partial charge in [0.2, 0.25) is 0 Å². The topological polar surface area (TPSA) is 21.3 Å². The third kappa shape index (κ3) is 2.65. The van der Waals surface area contributed by atoms with Crippen LogP contribution in [0.25, 0.3) is 0 Å². The summed E-state index contributed by atoms with van der Waals surface area (Å²) in [7, 11) is 1.79. The zero-order valence-corrected chi connectivity index (χ0v) is 11.4. The number of methoxy groups -OCH3 is 1. The van der Waals surface area contributed by atoms with Gasteiger partial charge in [0, 0.05) is 30.1 Å². The van der Waals surface area contributed by atoms with Gasteiger partial charge >= 0.3 is 0 Å². The minimum atomic E-state index is 0.223. The summed E-state index contributed by atoms with van der Waals surface area (Å²) in [4.78, 5) is 0. The van der Waals surface area contributed by atoms with E-state index in [1.165, 1.54) is 5.56 Å². The van der Waals surface area contributed by atoms with Crippen LogP contribution < -0.4 is 5.32 Å². The van der Waals surface area contributed by atoms with E-state index in [4.69, 9.17) is 16.3 Å². The molecular formula is C14H20ClNO. The fourth-order valence-electron chi connectivity index (χ4n) is 2.48. The maximum Gasteiger partial charge on any atom is 0.0652 e. The van der Waals surface area contributed by atoms with Crippen molar-refractivity contribution in [2.24, 2.45) is 5.41 Å². The summed E-state index contributed by atoms with van der Waals surface area (Å²) in [5.74, 6) is 0. The first kappa shape index (κ1) is 12.9. The van der Waals surface area contributed by atoms with Crippen molar-refractivity contribution in [2.45, 2.75) is 39.0 Å². The number of nitrogens with one attached hydrogen (secondary N) is 1. The predicted molar refractivity (Wildman–Crippen MR) is 71.3 cm³/mol. The van der Waals surface area contributed by atoms with Crippen molar-refractivity contribution in [3.8, 4) is 0 Å². The summed E-state index contributed by atoms with van der Waals surface area (Å²) in [5.41, 5.74) is 1.49. The number of ether oxygens (including phenoxy) is 1. The fourth-order valence-corrected chi connectivity index (χ4v) is 2.60. The molecule has 1 fully saturated rings. The molecule has 0 aromatic heterocycles. The van der Waals surface area contributed by atoms with Crippen LogP contribution in [-0.4, -0.2) is 19.3 Å². The van der Waals surface area contributed by atoms with Gasteiger partial charge in [-0.2, -0.15) is 0 Å². The van der Waals surface area contributed by atoms with Crippen LogP contribution in [0.1, 0.15) is 25.8 Å². The van der Waals surface area contributed by atoms with Crippen LogP contribution in [0, 0.1) is 5.41 Å². The van der Waals surface area contributed by atoms with E-state index < -0.39 is 0 Å². The molecule has 1 aliphatic rings. The molecule has 0 radical (unpaired) electrons. The Balaban J connectivity index is 1.86. The molecule has 0 saturated heterocycles. The van der Waals surface area contributed by atoms with Gasteiger partial charge < -0.3 is 10.1 Å². The van der Waals surface area contributed by atoms with Crippen molar-refractivity contribution in [3.05, 3.63) is 34.9 Å². The maximum absolute atomic E-state index is 5.86. The smallest absolute Gasteiger partial charge is 0.0652 e. The Morgan fingerprint density at radius 1 is 1.35 bits per heavy atom. The highest BCUT2D eigenvalue weighted by Crippen LogP contribution is 2.42. The molecule has 0 heterocycles. The van der Waals surface area contributed by atoms with Gasteiger partial charge in [0.15, 0.2) is 0 Å². The van der Waals surface area contributed by atoms with Crippen LogP contribution in [0.3, 0.4) is 0 Å². The fraction of sp³-hybridized carbons (Fsp3) is 0.571. The first-order valence-electron chi connectivity index (χ1n) is 6.04. The van der Waals surface area contributed by atoms with E-state index in [0.29, 0.717) is 12.1 Å². The van der Waals surface area contributed by atoms with Gasteiger partial charge in [-0.15, -0.1) is 0 Å². The van der Waals surface area contributed by atoms with Gasteiger partial charge in [0.1, 0.15) is 0 Å². The SMILES string of the molecule is COC1CC(NCc2ccc(Cl)cc2)C1(C)C.